The number of halogens is 1. The first kappa shape index (κ1) is 17.4. The van der Waals surface area contributed by atoms with Gasteiger partial charge in [0.15, 0.2) is 11.6 Å². The number of nitrogens with one attached hydrogen (secondary N) is 2. The molecule has 7 heteroatoms. The van der Waals surface area contributed by atoms with Crippen LogP contribution in [0.25, 0.3) is 0 Å². The minimum absolute atomic E-state index is 0.0575. The number of carbonyl (C=O) groups is 1. The summed E-state index contributed by atoms with van der Waals surface area (Å²) in [5, 5.41) is 2.76. The van der Waals surface area contributed by atoms with Gasteiger partial charge in [0, 0.05) is 25.9 Å². The lowest BCUT2D eigenvalue weighted by Crippen LogP contribution is -2.20. The number of H-pyrrole nitrogens is 1. The number of amides is 1. The largest absolute Gasteiger partial charge is 0.494 e. The second-order valence-corrected chi connectivity index (χ2v) is 6.39. The van der Waals surface area contributed by atoms with Crippen LogP contribution >= 0.6 is 0 Å². The lowest BCUT2D eigenvalue weighted by atomic mass is 10.1. The van der Waals surface area contributed by atoms with Crippen molar-refractivity contribution in [1.29, 1.82) is 0 Å². The van der Waals surface area contributed by atoms with Crippen LogP contribution in [0.4, 0.5) is 4.39 Å². The van der Waals surface area contributed by atoms with E-state index < -0.39 is 0 Å². The van der Waals surface area contributed by atoms with Crippen LogP contribution in [0.1, 0.15) is 36.3 Å². The van der Waals surface area contributed by atoms with Crippen LogP contribution in [0, 0.1) is 5.82 Å². The number of imidazole rings is 1. The zero-order valence-corrected chi connectivity index (χ0v) is 14.5. The number of nitrogens with zero attached hydrogens (tertiary/aromatic N) is 2. The van der Waals surface area contributed by atoms with Crippen molar-refractivity contribution in [2.45, 2.75) is 32.4 Å². The third-order valence-electron chi connectivity index (χ3n) is 4.46. The molecule has 0 radical (unpaired) electrons. The Morgan fingerprint density at radius 3 is 3.12 bits per heavy atom. The zero-order chi connectivity index (χ0) is 17.8. The van der Waals surface area contributed by atoms with Gasteiger partial charge in [0.05, 0.1) is 25.5 Å². The van der Waals surface area contributed by atoms with E-state index in [1.165, 1.54) is 20.1 Å². The lowest BCUT2D eigenvalue weighted by Gasteiger charge is -2.16. The molecule has 1 fully saturated rings. The van der Waals surface area contributed by atoms with Gasteiger partial charge in [0.2, 0.25) is 5.91 Å². The summed E-state index contributed by atoms with van der Waals surface area (Å²) < 4.78 is 18.5. The highest BCUT2D eigenvalue weighted by Gasteiger charge is 2.26. The Labute approximate surface area is 146 Å². The molecule has 0 saturated carbocycles. The van der Waals surface area contributed by atoms with Crippen LogP contribution in [0.15, 0.2) is 24.4 Å². The molecule has 1 aromatic carbocycles. The highest BCUT2D eigenvalue weighted by Crippen LogP contribution is 2.27. The smallest absolute Gasteiger partial charge is 0.217 e. The van der Waals surface area contributed by atoms with E-state index in [2.05, 4.69) is 20.2 Å². The zero-order valence-electron chi connectivity index (χ0n) is 14.5. The molecule has 1 saturated heterocycles. The number of likely N-dealkylation sites (tertiary alicyclic amines) is 1. The second-order valence-electron chi connectivity index (χ2n) is 6.39. The van der Waals surface area contributed by atoms with Crippen molar-refractivity contribution >= 4 is 5.91 Å². The fourth-order valence-electron chi connectivity index (χ4n) is 3.15. The predicted octanol–water partition coefficient (Wildman–Crippen LogP) is 2.18. The maximum atomic E-state index is 13.5. The molecular formula is C18H23FN4O2. The summed E-state index contributed by atoms with van der Waals surface area (Å²) in [7, 11) is 1.48. The topological polar surface area (TPSA) is 70.2 Å². The van der Waals surface area contributed by atoms with Gasteiger partial charge < -0.3 is 15.0 Å². The maximum Gasteiger partial charge on any atom is 0.217 e. The highest BCUT2D eigenvalue weighted by molar-refractivity contribution is 5.72. The van der Waals surface area contributed by atoms with Crippen LogP contribution in [-0.4, -0.2) is 41.0 Å². The van der Waals surface area contributed by atoms with Crippen LogP contribution < -0.4 is 10.1 Å². The molecule has 1 atom stereocenters. The van der Waals surface area contributed by atoms with E-state index in [0.717, 1.165) is 43.1 Å². The number of hydrogen-bond donors (Lipinski definition) is 2. The van der Waals surface area contributed by atoms with Crippen LogP contribution in [0.2, 0.25) is 0 Å². The van der Waals surface area contributed by atoms with Crippen molar-refractivity contribution < 1.29 is 13.9 Å². The molecule has 1 amide bonds. The third-order valence-corrected chi connectivity index (χ3v) is 4.46. The molecule has 2 aromatic rings. The first-order chi connectivity index (χ1) is 12.0. The molecule has 0 spiro atoms. The van der Waals surface area contributed by atoms with Crippen molar-refractivity contribution in [3.8, 4) is 5.75 Å². The van der Waals surface area contributed by atoms with Crippen molar-refractivity contribution in [2.75, 3.05) is 20.2 Å². The van der Waals surface area contributed by atoms with Gasteiger partial charge in [0.25, 0.3) is 0 Å². The Bertz CT molecular complexity index is 746. The Balaban J connectivity index is 1.57. The van der Waals surface area contributed by atoms with Gasteiger partial charge in [-0.15, -0.1) is 0 Å². The van der Waals surface area contributed by atoms with Crippen LogP contribution in [0.5, 0.6) is 5.75 Å². The maximum absolute atomic E-state index is 13.5. The molecule has 2 heterocycles. The summed E-state index contributed by atoms with van der Waals surface area (Å²) in [5.41, 5.74) is 1.94. The van der Waals surface area contributed by atoms with Gasteiger partial charge >= 0.3 is 0 Å². The summed E-state index contributed by atoms with van der Waals surface area (Å²) >= 11 is 0. The quantitative estimate of drug-likeness (QED) is 0.841. The van der Waals surface area contributed by atoms with E-state index >= 15 is 0 Å². The van der Waals surface area contributed by atoms with Gasteiger partial charge in [-0.1, -0.05) is 6.07 Å². The monoisotopic (exact) mass is 346 g/mol. The van der Waals surface area contributed by atoms with Gasteiger partial charge in [-0.05, 0) is 30.7 Å². The van der Waals surface area contributed by atoms with Gasteiger partial charge in [-0.3, -0.25) is 9.69 Å². The van der Waals surface area contributed by atoms with Crippen molar-refractivity contribution in [1.82, 2.24) is 20.2 Å². The minimum Gasteiger partial charge on any atom is -0.494 e. The molecule has 1 aliphatic rings. The first-order valence-corrected chi connectivity index (χ1v) is 8.38. The van der Waals surface area contributed by atoms with Crippen molar-refractivity contribution in [3.63, 3.8) is 0 Å². The second kappa shape index (κ2) is 7.65. The number of aromatic amines is 1. The molecule has 3 rings (SSSR count). The summed E-state index contributed by atoms with van der Waals surface area (Å²) in [6.45, 7) is 4.58. The van der Waals surface area contributed by atoms with E-state index in [4.69, 9.17) is 4.74 Å². The molecule has 1 aromatic heterocycles. The van der Waals surface area contributed by atoms with Crippen LogP contribution in [-0.2, 0) is 17.9 Å². The minimum atomic E-state index is -0.340. The number of hydrogen-bond acceptors (Lipinski definition) is 4. The first-order valence-electron chi connectivity index (χ1n) is 8.38. The molecule has 0 aliphatic carbocycles. The van der Waals surface area contributed by atoms with Gasteiger partial charge in [-0.2, -0.15) is 0 Å². The predicted molar refractivity (Wildman–Crippen MR) is 91.7 cm³/mol. The van der Waals surface area contributed by atoms with Crippen molar-refractivity contribution in [2.24, 2.45) is 0 Å². The average Bonchev–Trinajstić information content (AvgIpc) is 3.24. The third kappa shape index (κ3) is 4.36. The number of rotatable bonds is 6. The molecule has 134 valence electrons. The number of benzene rings is 1. The summed E-state index contributed by atoms with van der Waals surface area (Å²) in [5.74, 6) is 1.18. The normalized spacial score (nSPS) is 17.6. The van der Waals surface area contributed by atoms with Crippen molar-refractivity contribution in [3.05, 3.63) is 47.3 Å². The average molecular weight is 346 g/mol. The molecule has 1 aliphatic heterocycles. The molecule has 0 unspecified atom stereocenters. The fourth-order valence-corrected chi connectivity index (χ4v) is 3.15. The molecule has 6 nitrogen and oxygen atoms in total. The number of ether oxygens (including phenoxy) is 1. The Hall–Kier alpha value is -2.41. The van der Waals surface area contributed by atoms with Crippen LogP contribution in [0.3, 0.4) is 0 Å². The highest BCUT2D eigenvalue weighted by atomic mass is 19.1. The SMILES string of the molecule is COc1cc(CN2CC[C@H](c3ncc(CNC(C)=O)[nH]3)C2)ccc1F. The summed E-state index contributed by atoms with van der Waals surface area (Å²) in [4.78, 5) is 21.1. The number of carbonyl (C=O) groups excluding carboxylic acids is 1. The molecular weight excluding hydrogens is 323 g/mol. The standard InChI is InChI=1S/C18H23FN4O2/c1-12(24)20-8-15-9-21-18(22-15)14-5-6-23(11-14)10-13-3-4-16(19)17(7-13)25-2/h3-4,7,9,14H,5-6,8,10-11H2,1-2H3,(H,20,24)(H,21,22)/t14-/m0/s1. The molecule has 2 N–H and O–H groups in total. The van der Waals surface area contributed by atoms with E-state index in [1.54, 1.807) is 18.3 Å². The number of aromatic nitrogens is 2. The summed E-state index contributed by atoms with van der Waals surface area (Å²) in [6, 6.07) is 4.99. The Morgan fingerprint density at radius 2 is 2.36 bits per heavy atom. The number of methoxy groups -OCH3 is 1. The molecule has 0 bridgehead atoms. The Kier molecular flexibility index (Phi) is 5.33. The summed E-state index contributed by atoms with van der Waals surface area (Å²) in [6.07, 6.45) is 2.80. The van der Waals surface area contributed by atoms with Gasteiger partial charge in [-0.25, -0.2) is 9.37 Å². The molecule has 25 heavy (non-hydrogen) atoms. The van der Waals surface area contributed by atoms with Gasteiger partial charge in [0.1, 0.15) is 5.82 Å². The lowest BCUT2D eigenvalue weighted by molar-refractivity contribution is -0.119. The fraction of sp³-hybridized carbons (Fsp3) is 0.444. The van der Waals surface area contributed by atoms with E-state index in [-0.39, 0.29) is 17.5 Å². The van der Waals surface area contributed by atoms with E-state index in [0.29, 0.717) is 12.5 Å². The Morgan fingerprint density at radius 1 is 1.52 bits per heavy atom. The van der Waals surface area contributed by atoms with E-state index in [9.17, 15) is 9.18 Å². The van der Waals surface area contributed by atoms with E-state index in [1.807, 2.05) is 0 Å².